The molecule has 0 radical (unpaired) electrons. The average Bonchev–Trinajstić information content (AvgIpc) is 2.89. The van der Waals surface area contributed by atoms with Gasteiger partial charge in [-0.25, -0.2) is 4.98 Å². The highest BCUT2D eigenvalue weighted by Crippen LogP contribution is 2.31. The first-order chi connectivity index (χ1) is 9.88. The fraction of sp³-hybridized carbons (Fsp3) is 0.438. The number of rotatable bonds is 5. The summed E-state index contributed by atoms with van der Waals surface area (Å²) >= 11 is 11.3. The van der Waals surface area contributed by atoms with E-state index in [0.717, 1.165) is 20.2 Å². The molecule has 0 bridgehead atoms. The van der Waals surface area contributed by atoms with Gasteiger partial charge in [0, 0.05) is 15.9 Å². The summed E-state index contributed by atoms with van der Waals surface area (Å²) in [6.07, 6.45) is 0. The van der Waals surface area contributed by atoms with Gasteiger partial charge in [-0.3, -0.25) is 0 Å². The number of benzene rings is 1. The molecule has 1 unspecified atom stereocenters. The smallest absolute Gasteiger partial charge is 0.114 e. The highest BCUT2D eigenvalue weighted by atomic mass is 79.9. The van der Waals surface area contributed by atoms with Crippen molar-refractivity contribution < 1.29 is 0 Å². The molecule has 1 N–H and O–H groups in total. The number of nitrogens with one attached hydrogen (secondary N) is 1. The minimum absolute atomic E-state index is 0.0936. The average molecular weight is 388 g/mol. The highest BCUT2D eigenvalue weighted by molar-refractivity contribution is 9.10. The van der Waals surface area contributed by atoms with Crippen LogP contribution in [0.5, 0.6) is 0 Å². The maximum atomic E-state index is 6.10. The van der Waals surface area contributed by atoms with Gasteiger partial charge < -0.3 is 5.32 Å². The number of thiazole rings is 1. The van der Waals surface area contributed by atoms with E-state index in [0.29, 0.717) is 12.0 Å². The van der Waals surface area contributed by atoms with Crippen LogP contribution in [0.1, 0.15) is 55.9 Å². The molecule has 0 aliphatic rings. The Balaban J connectivity index is 2.39. The van der Waals surface area contributed by atoms with Gasteiger partial charge in [-0.2, -0.15) is 0 Å². The molecule has 114 valence electrons. The van der Waals surface area contributed by atoms with Crippen molar-refractivity contribution in [1.82, 2.24) is 10.3 Å². The van der Waals surface area contributed by atoms with Crippen LogP contribution in [-0.2, 0) is 0 Å². The molecular weight excluding hydrogens is 368 g/mol. The van der Waals surface area contributed by atoms with Crippen LogP contribution in [0.4, 0.5) is 0 Å². The topological polar surface area (TPSA) is 24.9 Å². The molecule has 2 nitrogen and oxygen atoms in total. The molecular formula is C16H20BrClN2S. The summed E-state index contributed by atoms with van der Waals surface area (Å²) in [6.45, 7) is 8.63. The largest absolute Gasteiger partial charge is 0.302 e. The first-order valence-corrected chi connectivity index (χ1v) is 9.10. The van der Waals surface area contributed by atoms with E-state index >= 15 is 0 Å². The van der Waals surface area contributed by atoms with E-state index in [2.05, 4.69) is 66.5 Å². The lowest BCUT2D eigenvalue weighted by Crippen LogP contribution is -2.29. The van der Waals surface area contributed by atoms with E-state index in [9.17, 15) is 0 Å². The summed E-state index contributed by atoms with van der Waals surface area (Å²) in [4.78, 5) is 4.80. The standard InChI is InChI=1S/C16H20BrClN2S/c1-9(2)14-8-21-16(20-14)15(19-10(3)4)11-5-6-13(18)12(17)7-11/h5-10,15,19H,1-4H3. The molecule has 1 aromatic heterocycles. The molecule has 0 saturated carbocycles. The lowest BCUT2D eigenvalue weighted by molar-refractivity contribution is 0.525. The van der Waals surface area contributed by atoms with E-state index in [4.69, 9.17) is 16.6 Å². The zero-order valence-electron chi connectivity index (χ0n) is 12.7. The van der Waals surface area contributed by atoms with Crippen LogP contribution >= 0.6 is 38.9 Å². The Hall–Kier alpha value is -0.420. The molecule has 1 aromatic carbocycles. The summed E-state index contributed by atoms with van der Waals surface area (Å²) < 4.78 is 0.915. The zero-order valence-corrected chi connectivity index (χ0v) is 15.8. The third-order valence-electron chi connectivity index (χ3n) is 3.16. The van der Waals surface area contributed by atoms with E-state index < -0.39 is 0 Å². The van der Waals surface area contributed by atoms with Gasteiger partial charge >= 0.3 is 0 Å². The number of hydrogen-bond donors (Lipinski definition) is 1. The molecule has 2 rings (SSSR count). The second kappa shape index (κ2) is 7.23. The predicted octanol–water partition coefficient (Wildman–Crippen LogP) is 5.77. The Labute approximate surface area is 144 Å². The quantitative estimate of drug-likeness (QED) is 0.704. The Morgan fingerprint density at radius 1 is 1.24 bits per heavy atom. The van der Waals surface area contributed by atoms with Gasteiger partial charge in [0.05, 0.1) is 16.8 Å². The van der Waals surface area contributed by atoms with Crippen molar-refractivity contribution in [3.8, 4) is 0 Å². The summed E-state index contributed by atoms with van der Waals surface area (Å²) in [7, 11) is 0. The second-order valence-electron chi connectivity index (χ2n) is 5.69. The van der Waals surface area contributed by atoms with Crippen LogP contribution in [0.15, 0.2) is 28.1 Å². The number of aromatic nitrogens is 1. The molecule has 21 heavy (non-hydrogen) atoms. The fourth-order valence-electron chi connectivity index (χ4n) is 2.03. The minimum Gasteiger partial charge on any atom is -0.302 e. The van der Waals surface area contributed by atoms with Gasteiger partial charge in [-0.1, -0.05) is 31.5 Å². The second-order valence-corrected chi connectivity index (χ2v) is 7.84. The number of nitrogens with zero attached hydrogens (tertiary/aromatic N) is 1. The molecule has 0 aliphatic carbocycles. The zero-order chi connectivity index (χ0) is 15.6. The first kappa shape index (κ1) is 16.9. The summed E-state index contributed by atoms with van der Waals surface area (Å²) in [6, 6.07) is 6.52. The van der Waals surface area contributed by atoms with Crippen LogP contribution in [0.25, 0.3) is 0 Å². The number of hydrogen-bond acceptors (Lipinski definition) is 3. The van der Waals surface area contributed by atoms with Crippen LogP contribution < -0.4 is 5.32 Å². The summed E-state index contributed by atoms with van der Waals surface area (Å²) in [5.74, 6) is 0.451. The van der Waals surface area contributed by atoms with Crippen molar-refractivity contribution in [2.45, 2.75) is 45.7 Å². The van der Waals surface area contributed by atoms with E-state index in [1.165, 1.54) is 5.56 Å². The van der Waals surface area contributed by atoms with Crippen LogP contribution in [0.3, 0.4) is 0 Å². The number of halogens is 2. The van der Waals surface area contributed by atoms with Gasteiger partial charge in [-0.05, 0) is 53.4 Å². The molecule has 1 heterocycles. The third kappa shape index (κ3) is 4.28. The third-order valence-corrected chi connectivity index (χ3v) is 5.30. The van der Waals surface area contributed by atoms with E-state index in [1.54, 1.807) is 11.3 Å². The van der Waals surface area contributed by atoms with Crippen molar-refractivity contribution in [2.75, 3.05) is 0 Å². The van der Waals surface area contributed by atoms with Crippen molar-refractivity contribution in [2.24, 2.45) is 0 Å². The Bertz CT molecular complexity index is 610. The fourth-order valence-corrected chi connectivity index (χ4v) is 3.61. The van der Waals surface area contributed by atoms with Gasteiger partial charge in [-0.15, -0.1) is 11.3 Å². The molecule has 0 aliphatic heterocycles. The van der Waals surface area contributed by atoms with Gasteiger partial charge in [0.15, 0.2) is 0 Å². The minimum atomic E-state index is 0.0936. The van der Waals surface area contributed by atoms with Gasteiger partial charge in [0.2, 0.25) is 0 Å². The molecule has 1 atom stereocenters. The SMILES string of the molecule is CC(C)NC(c1ccc(Cl)c(Br)c1)c1nc(C(C)C)cs1. The van der Waals surface area contributed by atoms with Gasteiger partial charge in [0.25, 0.3) is 0 Å². The molecule has 0 amide bonds. The molecule has 0 fully saturated rings. The van der Waals surface area contributed by atoms with Crippen LogP contribution in [-0.4, -0.2) is 11.0 Å². The lowest BCUT2D eigenvalue weighted by atomic mass is 10.1. The van der Waals surface area contributed by atoms with E-state index in [-0.39, 0.29) is 6.04 Å². The Morgan fingerprint density at radius 2 is 1.95 bits per heavy atom. The van der Waals surface area contributed by atoms with Crippen molar-refractivity contribution in [3.63, 3.8) is 0 Å². The highest BCUT2D eigenvalue weighted by Gasteiger charge is 2.20. The predicted molar refractivity (Wildman–Crippen MR) is 95.5 cm³/mol. The summed E-state index contributed by atoms with van der Waals surface area (Å²) in [5, 5.41) is 7.57. The Morgan fingerprint density at radius 3 is 2.48 bits per heavy atom. The molecule has 0 spiro atoms. The molecule has 2 aromatic rings. The van der Waals surface area contributed by atoms with Crippen molar-refractivity contribution in [3.05, 3.63) is 49.3 Å². The lowest BCUT2D eigenvalue weighted by Gasteiger charge is -2.20. The molecule has 5 heteroatoms. The molecule has 0 saturated heterocycles. The monoisotopic (exact) mass is 386 g/mol. The van der Waals surface area contributed by atoms with Crippen molar-refractivity contribution >= 4 is 38.9 Å². The Kier molecular flexibility index (Phi) is 5.83. The maximum Gasteiger partial charge on any atom is 0.114 e. The summed E-state index contributed by atoms with van der Waals surface area (Å²) in [5.41, 5.74) is 2.32. The van der Waals surface area contributed by atoms with E-state index in [1.807, 2.05) is 6.07 Å². The van der Waals surface area contributed by atoms with Crippen molar-refractivity contribution in [1.29, 1.82) is 0 Å². The van der Waals surface area contributed by atoms with Crippen LogP contribution in [0.2, 0.25) is 5.02 Å². The maximum absolute atomic E-state index is 6.10. The van der Waals surface area contributed by atoms with Gasteiger partial charge in [0.1, 0.15) is 5.01 Å². The van der Waals surface area contributed by atoms with Crippen LogP contribution in [0, 0.1) is 0 Å². The normalized spacial score (nSPS) is 13.1. The first-order valence-electron chi connectivity index (χ1n) is 7.04.